The first-order chi connectivity index (χ1) is 10.1. The zero-order chi connectivity index (χ0) is 14.8. The van der Waals surface area contributed by atoms with Crippen LogP contribution in [0.5, 0.6) is 0 Å². The van der Waals surface area contributed by atoms with Gasteiger partial charge in [-0.1, -0.05) is 0 Å². The van der Waals surface area contributed by atoms with Gasteiger partial charge in [-0.2, -0.15) is 10.2 Å². The van der Waals surface area contributed by atoms with Gasteiger partial charge in [0.2, 0.25) is 0 Å². The molecule has 108 valence electrons. The van der Waals surface area contributed by atoms with Crippen LogP contribution in [0.3, 0.4) is 0 Å². The summed E-state index contributed by atoms with van der Waals surface area (Å²) < 4.78 is 3.53. The Bertz CT molecular complexity index is 726. The molecule has 0 aromatic carbocycles. The summed E-state index contributed by atoms with van der Waals surface area (Å²) >= 11 is 0. The second kappa shape index (κ2) is 5.35. The third kappa shape index (κ3) is 2.62. The second-order valence-corrected chi connectivity index (χ2v) is 4.87. The number of hydrogen-bond acceptors (Lipinski definition) is 5. The quantitative estimate of drug-likeness (QED) is 0.787. The zero-order valence-electron chi connectivity index (χ0n) is 12.3. The normalized spacial score (nSPS) is 10.8. The molecule has 3 aromatic rings. The molecule has 0 aliphatic carbocycles. The molecule has 0 radical (unpaired) electrons. The lowest BCUT2D eigenvalue weighted by Gasteiger charge is -2.07. The Balaban J connectivity index is 1.71. The monoisotopic (exact) mass is 283 g/mol. The number of rotatable bonds is 4. The van der Waals surface area contributed by atoms with Gasteiger partial charge in [0, 0.05) is 24.8 Å². The molecule has 0 unspecified atom stereocenters. The molecule has 0 bridgehead atoms. The van der Waals surface area contributed by atoms with Crippen LogP contribution < -0.4 is 5.32 Å². The highest BCUT2D eigenvalue weighted by Gasteiger charge is 2.08. The van der Waals surface area contributed by atoms with Gasteiger partial charge in [0.05, 0.1) is 17.6 Å². The van der Waals surface area contributed by atoms with Gasteiger partial charge >= 0.3 is 0 Å². The molecule has 7 heteroatoms. The third-order valence-electron chi connectivity index (χ3n) is 3.53. The van der Waals surface area contributed by atoms with Crippen LogP contribution in [-0.2, 0) is 13.6 Å². The van der Waals surface area contributed by atoms with E-state index in [0.29, 0.717) is 0 Å². The Hall–Kier alpha value is -2.70. The molecular weight excluding hydrogens is 266 g/mol. The van der Waals surface area contributed by atoms with Crippen LogP contribution >= 0.6 is 0 Å². The van der Waals surface area contributed by atoms with Crippen LogP contribution in [0.25, 0.3) is 5.82 Å². The predicted octanol–water partition coefficient (Wildman–Crippen LogP) is 1.62. The number of nitrogens with zero attached hydrogens (tertiary/aromatic N) is 6. The van der Waals surface area contributed by atoms with Gasteiger partial charge in [-0.3, -0.25) is 4.68 Å². The van der Waals surface area contributed by atoms with Crippen LogP contribution in [0.4, 0.5) is 5.69 Å². The van der Waals surface area contributed by atoms with E-state index in [4.69, 9.17) is 0 Å². The van der Waals surface area contributed by atoms with Crippen molar-refractivity contribution in [3.05, 3.63) is 47.9 Å². The van der Waals surface area contributed by atoms with Crippen LogP contribution in [0, 0.1) is 13.8 Å². The fraction of sp³-hybridized carbons (Fsp3) is 0.286. The van der Waals surface area contributed by atoms with E-state index in [2.05, 4.69) is 32.4 Å². The molecule has 0 aliphatic heterocycles. The molecule has 1 N–H and O–H groups in total. The topological polar surface area (TPSA) is 73.5 Å². The van der Waals surface area contributed by atoms with Crippen molar-refractivity contribution >= 4 is 5.69 Å². The third-order valence-corrected chi connectivity index (χ3v) is 3.53. The first-order valence-corrected chi connectivity index (χ1v) is 6.69. The Morgan fingerprint density at radius 1 is 1.24 bits per heavy atom. The van der Waals surface area contributed by atoms with Gasteiger partial charge in [0.1, 0.15) is 12.7 Å². The maximum atomic E-state index is 4.41. The van der Waals surface area contributed by atoms with E-state index in [1.165, 1.54) is 17.6 Å². The summed E-state index contributed by atoms with van der Waals surface area (Å²) in [4.78, 5) is 8.27. The minimum absolute atomic E-state index is 0.732. The van der Waals surface area contributed by atoms with E-state index in [1.54, 1.807) is 17.2 Å². The fourth-order valence-corrected chi connectivity index (χ4v) is 2.22. The highest BCUT2D eigenvalue weighted by molar-refractivity contribution is 5.44. The van der Waals surface area contributed by atoms with Gasteiger partial charge in [-0.05, 0) is 26.0 Å². The highest BCUT2D eigenvalue weighted by Crippen LogP contribution is 2.15. The Kier molecular flexibility index (Phi) is 3.39. The smallest absolute Gasteiger partial charge is 0.155 e. The molecule has 0 saturated carbocycles. The van der Waals surface area contributed by atoms with Crippen molar-refractivity contribution in [1.29, 1.82) is 0 Å². The lowest BCUT2D eigenvalue weighted by Crippen LogP contribution is -2.04. The number of pyridine rings is 1. The van der Waals surface area contributed by atoms with Crippen LogP contribution in [0.15, 0.2) is 31.0 Å². The molecule has 0 saturated heterocycles. The maximum absolute atomic E-state index is 4.41. The van der Waals surface area contributed by atoms with E-state index >= 15 is 0 Å². The molecule has 0 aliphatic rings. The summed E-state index contributed by atoms with van der Waals surface area (Å²) in [6, 6.07) is 3.88. The second-order valence-electron chi connectivity index (χ2n) is 4.87. The minimum Gasteiger partial charge on any atom is -0.380 e. The summed E-state index contributed by atoms with van der Waals surface area (Å²) in [6.45, 7) is 4.83. The molecule has 3 aromatic heterocycles. The van der Waals surface area contributed by atoms with Crippen molar-refractivity contribution < 1.29 is 0 Å². The lowest BCUT2D eigenvalue weighted by molar-refractivity contribution is 0.730. The van der Waals surface area contributed by atoms with Gasteiger partial charge in [-0.25, -0.2) is 14.6 Å². The van der Waals surface area contributed by atoms with Gasteiger partial charge in [0.25, 0.3) is 0 Å². The minimum atomic E-state index is 0.732. The van der Waals surface area contributed by atoms with E-state index in [-0.39, 0.29) is 0 Å². The first-order valence-electron chi connectivity index (χ1n) is 6.69. The Labute approximate surface area is 122 Å². The first kappa shape index (κ1) is 13.3. The summed E-state index contributed by atoms with van der Waals surface area (Å²) in [5.74, 6) is 0.742. The van der Waals surface area contributed by atoms with E-state index in [1.807, 2.05) is 30.8 Å². The molecule has 3 heterocycles. The van der Waals surface area contributed by atoms with Crippen LogP contribution in [-0.4, -0.2) is 29.5 Å². The molecule has 3 rings (SSSR count). The number of nitrogens with one attached hydrogen (secondary N) is 1. The average molecular weight is 283 g/mol. The highest BCUT2D eigenvalue weighted by atomic mass is 15.3. The van der Waals surface area contributed by atoms with E-state index in [0.717, 1.165) is 23.7 Å². The SMILES string of the molecule is Cc1nn(C)c(C)c1CNc1ccc(-n2cncn2)nc1. The lowest BCUT2D eigenvalue weighted by atomic mass is 10.2. The number of aromatic nitrogens is 6. The molecule has 0 amide bonds. The van der Waals surface area contributed by atoms with Gasteiger partial charge < -0.3 is 5.32 Å². The van der Waals surface area contributed by atoms with Crippen molar-refractivity contribution in [1.82, 2.24) is 29.5 Å². The Morgan fingerprint density at radius 2 is 2.10 bits per heavy atom. The van der Waals surface area contributed by atoms with Gasteiger partial charge in [0.15, 0.2) is 5.82 Å². The van der Waals surface area contributed by atoms with E-state index < -0.39 is 0 Å². The van der Waals surface area contributed by atoms with Crippen LogP contribution in [0.2, 0.25) is 0 Å². The van der Waals surface area contributed by atoms with Crippen LogP contribution in [0.1, 0.15) is 17.0 Å². The summed E-state index contributed by atoms with van der Waals surface area (Å²) in [5.41, 5.74) is 4.40. The van der Waals surface area contributed by atoms with Crippen molar-refractivity contribution in [2.45, 2.75) is 20.4 Å². The summed E-state index contributed by atoms with van der Waals surface area (Å²) in [7, 11) is 1.96. The zero-order valence-corrected chi connectivity index (χ0v) is 12.3. The summed E-state index contributed by atoms with van der Waals surface area (Å²) in [6.07, 6.45) is 4.90. The van der Waals surface area contributed by atoms with Crippen molar-refractivity contribution in [2.75, 3.05) is 5.32 Å². The molecule has 0 spiro atoms. The van der Waals surface area contributed by atoms with Crippen molar-refractivity contribution in [3.63, 3.8) is 0 Å². The molecule has 7 nitrogen and oxygen atoms in total. The summed E-state index contributed by atoms with van der Waals surface area (Å²) in [5, 5.41) is 11.8. The molecule has 21 heavy (non-hydrogen) atoms. The van der Waals surface area contributed by atoms with E-state index in [9.17, 15) is 0 Å². The largest absolute Gasteiger partial charge is 0.380 e. The molecular formula is C14H17N7. The maximum Gasteiger partial charge on any atom is 0.155 e. The van der Waals surface area contributed by atoms with Gasteiger partial charge in [-0.15, -0.1) is 0 Å². The number of anilines is 1. The standard InChI is InChI=1S/C14H17N7/c1-10-13(11(2)20(3)19-10)7-16-12-4-5-14(17-6-12)21-9-15-8-18-21/h4-6,8-9,16H,7H2,1-3H3. The molecule has 0 atom stereocenters. The number of hydrogen-bond donors (Lipinski definition) is 1. The predicted molar refractivity (Wildman–Crippen MR) is 79.2 cm³/mol. The average Bonchev–Trinajstić information content (AvgIpc) is 3.09. The fourth-order valence-electron chi connectivity index (χ4n) is 2.22. The van der Waals surface area contributed by atoms with Crippen molar-refractivity contribution in [3.8, 4) is 5.82 Å². The Morgan fingerprint density at radius 3 is 2.67 bits per heavy atom. The molecule has 0 fully saturated rings. The van der Waals surface area contributed by atoms with Crippen molar-refractivity contribution in [2.24, 2.45) is 7.05 Å². The number of aryl methyl sites for hydroxylation is 2.